The maximum atomic E-state index is 12.5. The number of carbonyl (C=O) groups is 1. The number of hydrogen-bond donors (Lipinski definition) is 2. The molecule has 0 heterocycles. The smallest absolute Gasteiger partial charge is 0.261 e. The van der Waals surface area contributed by atoms with Gasteiger partial charge in [0.15, 0.2) is 0 Å². The average Bonchev–Trinajstić information content (AvgIpc) is 2.60. The van der Waals surface area contributed by atoms with Crippen LogP contribution in [0.1, 0.15) is 36.2 Å². The number of benzene rings is 2. The largest absolute Gasteiger partial charge is 0.352 e. The minimum atomic E-state index is -3.74. The molecule has 0 aromatic heterocycles. The van der Waals surface area contributed by atoms with Gasteiger partial charge in [-0.15, -0.1) is 0 Å². The quantitative estimate of drug-likeness (QED) is 0.808. The average molecular weight is 346 g/mol. The third-order valence-electron chi connectivity index (χ3n) is 3.59. The number of aryl methyl sites for hydroxylation is 1. The Morgan fingerprint density at radius 1 is 1.00 bits per heavy atom. The van der Waals surface area contributed by atoms with Crippen molar-refractivity contribution in [3.63, 3.8) is 0 Å². The summed E-state index contributed by atoms with van der Waals surface area (Å²) in [6.07, 6.45) is 1.65. The predicted octanol–water partition coefficient (Wildman–Crippen LogP) is 3.19. The van der Waals surface area contributed by atoms with Crippen LogP contribution < -0.4 is 10.0 Å². The highest BCUT2D eigenvalue weighted by molar-refractivity contribution is 7.92. The molecule has 5 nitrogen and oxygen atoms in total. The summed E-state index contributed by atoms with van der Waals surface area (Å²) >= 11 is 0. The number of hydrogen-bond acceptors (Lipinski definition) is 3. The van der Waals surface area contributed by atoms with Gasteiger partial charge in [0, 0.05) is 6.54 Å². The molecule has 0 aliphatic rings. The van der Waals surface area contributed by atoms with E-state index < -0.39 is 10.0 Å². The van der Waals surface area contributed by atoms with Gasteiger partial charge in [-0.1, -0.05) is 38.1 Å². The molecule has 0 atom stereocenters. The molecule has 0 spiro atoms. The van der Waals surface area contributed by atoms with Crippen LogP contribution in [-0.4, -0.2) is 20.9 Å². The normalized spacial score (nSPS) is 11.1. The Morgan fingerprint density at radius 3 is 2.29 bits per heavy atom. The fourth-order valence-corrected chi connectivity index (χ4v) is 3.29. The van der Waals surface area contributed by atoms with Crippen molar-refractivity contribution in [3.05, 3.63) is 59.7 Å². The van der Waals surface area contributed by atoms with E-state index in [0.717, 1.165) is 18.4 Å². The second kappa shape index (κ2) is 7.97. The van der Waals surface area contributed by atoms with E-state index in [-0.39, 0.29) is 16.5 Å². The van der Waals surface area contributed by atoms with Crippen molar-refractivity contribution in [2.24, 2.45) is 0 Å². The highest BCUT2D eigenvalue weighted by Crippen LogP contribution is 2.20. The van der Waals surface area contributed by atoms with Gasteiger partial charge in [-0.3, -0.25) is 9.52 Å². The number of amides is 1. The molecule has 1 amide bonds. The Kier molecular flexibility index (Phi) is 5.98. The van der Waals surface area contributed by atoms with E-state index in [9.17, 15) is 13.2 Å². The fourth-order valence-electron chi connectivity index (χ4n) is 2.21. The van der Waals surface area contributed by atoms with Crippen molar-refractivity contribution < 1.29 is 13.2 Å². The Hall–Kier alpha value is -2.34. The predicted molar refractivity (Wildman–Crippen MR) is 95.7 cm³/mol. The van der Waals surface area contributed by atoms with Crippen molar-refractivity contribution in [1.82, 2.24) is 5.32 Å². The molecule has 128 valence electrons. The van der Waals surface area contributed by atoms with Crippen molar-refractivity contribution in [1.29, 1.82) is 0 Å². The second-order valence-electron chi connectivity index (χ2n) is 5.40. The number of rotatable bonds is 7. The lowest BCUT2D eigenvalue weighted by atomic mass is 10.1. The van der Waals surface area contributed by atoms with Crippen LogP contribution in [-0.2, 0) is 16.4 Å². The zero-order chi connectivity index (χ0) is 17.6. The van der Waals surface area contributed by atoms with Crippen LogP contribution in [0.2, 0.25) is 0 Å². The maximum Gasteiger partial charge on any atom is 0.261 e. The lowest BCUT2D eigenvalue weighted by Crippen LogP contribution is -2.25. The molecule has 2 N–H and O–H groups in total. The summed E-state index contributed by atoms with van der Waals surface area (Å²) in [7, 11) is -3.74. The molecule has 2 rings (SSSR count). The van der Waals surface area contributed by atoms with Gasteiger partial charge in [0.2, 0.25) is 0 Å². The van der Waals surface area contributed by atoms with Crippen LogP contribution in [0.3, 0.4) is 0 Å². The van der Waals surface area contributed by atoms with E-state index in [0.29, 0.717) is 12.1 Å². The highest BCUT2D eigenvalue weighted by Gasteiger charge is 2.18. The Labute approximate surface area is 143 Å². The van der Waals surface area contributed by atoms with Gasteiger partial charge in [-0.2, -0.15) is 0 Å². The van der Waals surface area contributed by atoms with Crippen molar-refractivity contribution in [2.45, 2.75) is 31.6 Å². The topological polar surface area (TPSA) is 75.3 Å². The summed E-state index contributed by atoms with van der Waals surface area (Å²) in [5.74, 6) is -0.295. The molecule has 24 heavy (non-hydrogen) atoms. The van der Waals surface area contributed by atoms with E-state index in [1.54, 1.807) is 48.5 Å². The Balaban J connectivity index is 2.27. The van der Waals surface area contributed by atoms with Gasteiger partial charge >= 0.3 is 0 Å². The zero-order valence-corrected chi connectivity index (χ0v) is 14.7. The first-order valence-electron chi connectivity index (χ1n) is 7.97. The zero-order valence-electron chi connectivity index (χ0n) is 13.9. The summed E-state index contributed by atoms with van der Waals surface area (Å²) in [6, 6.07) is 13.3. The molecule has 0 unspecified atom stereocenters. The monoisotopic (exact) mass is 346 g/mol. The molecule has 0 fully saturated rings. The highest BCUT2D eigenvalue weighted by atomic mass is 32.2. The summed E-state index contributed by atoms with van der Waals surface area (Å²) in [5, 5.41) is 2.76. The molecule has 0 bridgehead atoms. The van der Waals surface area contributed by atoms with Gasteiger partial charge in [0.1, 0.15) is 0 Å². The number of nitrogens with one attached hydrogen (secondary N) is 2. The first kappa shape index (κ1) is 18.0. The maximum absolute atomic E-state index is 12.5. The summed E-state index contributed by atoms with van der Waals surface area (Å²) in [4.78, 5) is 12.4. The first-order chi connectivity index (χ1) is 11.5. The van der Waals surface area contributed by atoms with Crippen molar-refractivity contribution >= 4 is 21.6 Å². The molecular formula is C18H22N2O3S. The van der Waals surface area contributed by atoms with E-state index in [4.69, 9.17) is 0 Å². The third-order valence-corrected chi connectivity index (χ3v) is 4.97. The van der Waals surface area contributed by atoms with Crippen LogP contribution in [0.15, 0.2) is 53.4 Å². The summed E-state index contributed by atoms with van der Waals surface area (Å²) in [6.45, 7) is 4.50. The van der Waals surface area contributed by atoms with Crippen molar-refractivity contribution in [3.8, 4) is 0 Å². The minimum absolute atomic E-state index is 0.170. The Bertz CT molecular complexity index is 799. The standard InChI is InChI=1S/C18H22N2O3S/c1-3-13-19-18(21)16-7-5-6-8-17(16)20-24(22,23)15-11-9-14(4-2)10-12-15/h5-12,20H,3-4,13H2,1-2H3,(H,19,21). The van der Waals surface area contributed by atoms with Crippen LogP contribution in [0, 0.1) is 0 Å². The van der Waals surface area contributed by atoms with Gasteiger partial charge in [0.05, 0.1) is 16.1 Å². The van der Waals surface area contributed by atoms with Gasteiger partial charge in [-0.05, 0) is 42.7 Å². The number of carbonyl (C=O) groups excluding carboxylic acids is 1. The van der Waals surface area contributed by atoms with Crippen LogP contribution in [0.5, 0.6) is 0 Å². The van der Waals surface area contributed by atoms with Gasteiger partial charge in [0.25, 0.3) is 15.9 Å². The molecule has 0 saturated carbocycles. The minimum Gasteiger partial charge on any atom is -0.352 e. The molecule has 0 aliphatic carbocycles. The SMILES string of the molecule is CCCNC(=O)c1ccccc1NS(=O)(=O)c1ccc(CC)cc1. The summed E-state index contributed by atoms with van der Waals surface area (Å²) < 4.78 is 27.6. The number of para-hydroxylation sites is 1. The van der Waals surface area contributed by atoms with E-state index >= 15 is 0 Å². The number of anilines is 1. The van der Waals surface area contributed by atoms with Gasteiger partial charge in [-0.25, -0.2) is 8.42 Å². The lowest BCUT2D eigenvalue weighted by Gasteiger charge is -2.13. The molecule has 0 radical (unpaired) electrons. The lowest BCUT2D eigenvalue weighted by molar-refractivity contribution is 0.0954. The third kappa shape index (κ3) is 4.35. The molecule has 2 aromatic rings. The Morgan fingerprint density at radius 2 is 1.67 bits per heavy atom. The van der Waals surface area contributed by atoms with E-state index in [1.165, 1.54) is 0 Å². The molecular weight excluding hydrogens is 324 g/mol. The van der Waals surface area contributed by atoms with Gasteiger partial charge < -0.3 is 5.32 Å². The fraction of sp³-hybridized carbons (Fsp3) is 0.278. The number of sulfonamides is 1. The van der Waals surface area contributed by atoms with Crippen LogP contribution >= 0.6 is 0 Å². The summed E-state index contributed by atoms with van der Waals surface area (Å²) in [5.41, 5.74) is 1.64. The molecule has 6 heteroatoms. The van der Waals surface area contributed by atoms with Crippen LogP contribution in [0.4, 0.5) is 5.69 Å². The molecule has 0 aliphatic heterocycles. The van der Waals surface area contributed by atoms with Crippen molar-refractivity contribution in [2.75, 3.05) is 11.3 Å². The van der Waals surface area contributed by atoms with E-state index in [2.05, 4.69) is 10.0 Å². The first-order valence-corrected chi connectivity index (χ1v) is 9.45. The van der Waals surface area contributed by atoms with E-state index in [1.807, 2.05) is 13.8 Å². The second-order valence-corrected chi connectivity index (χ2v) is 7.09. The van der Waals surface area contributed by atoms with Crippen LogP contribution in [0.25, 0.3) is 0 Å². The molecule has 0 saturated heterocycles. The molecule has 2 aromatic carbocycles.